The van der Waals surface area contributed by atoms with Gasteiger partial charge in [0.2, 0.25) is 0 Å². The Bertz CT molecular complexity index is 50.0. The third kappa shape index (κ3) is 1.14. The zero-order chi connectivity index (χ0) is 5.11. The molecule has 0 aromatic rings. The summed E-state index contributed by atoms with van der Waals surface area (Å²) in [6, 6.07) is 0. The molecule has 0 atom stereocenters. The predicted octanol–water partition coefficient (Wildman–Crippen LogP) is 0.217. The summed E-state index contributed by atoms with van der Waals surface area (Å²) in [6.45, 7) is 5.68. The van der Waals surface area contributed by atoms with Crippen LogP contribution in [-0.2, 0) is 0 Å². The molecule has 2 nitrogen and oxygen atoms in total. The Morgan fingerprint density at radius 3 is 2.43 bits per heavy atom. The molecule has 0 aliphatic carbocycles. The van der Waals surface area contributed by atoms with Gasteiger partial charge < -0.3 is 0 Å². The molecule has 1 saturated heterocycles. The van der Waals surface area contributed by atoms with Crippen LogP contribution in [0, 0.1) is 0 Å². The Labute approximate surface area is 44.5 Å². The molecule has 0 spiro atoms. The Kier molecular flexibility index (Phi) is 1.65. The van der Waals surface area contributed by atoms with Gasteiger partial charge in [-0.25, -0.2) is 5.01 Å². The number of rotatable bonds is 2. The highest BCUT2D eigenvalue weighted by Crippen LogP contribution is 1.99. The summed E-state index contributed by atoms with van der Waals surface area (Å²) < 4.78 is 0. The van der Waals surface area contributed by atoms with Crippen molar-refractivity contribution < 1.29 is 0 Å². The van der Waals surface area contributed by atoms with E-state index < -0.39 is 0 Å². The molecule has 0 radical (unpaired) electrons. The number of nitrogens with one attached hydrogen (secondary N) is 1. The van der Waals surface area contributed by atoms with Crippen molar-refractivity contribution in [3.63, 3.8) is 0 Å². The van der Waals surface area contributed by atoms with Crippen LogP contribution in [0.3, 0.4) is 0 Å². The van der Waals surface area contributed by atoms with Crippen LogP contribution in [0.4, 0.5) is 0 Å². The second-order valence-corrected chi connectivity index (χ2v) is 1.85. The Morgan fingerprint density at radius 2 is 2.29 bits per heavy atom. The van der Waals surface area contributed by atoms with Gasteiger partial charge in [-0.05, 0) is 6.42 Å². The fraction of sp³-hybridized carbons (Fsp3) is 1.00. The molecule has 1 N–H and O–H groups in total. The van der Waals surface area contributed by atoms with Crippen LogP contribution in [0.2, 0.25) is 0 Å². The molecule has 7 heavy (non-hydrogen) atoms. The van der Waals surface area contributed by atoms with E-state index in [-0.39, 0.29) is 0 Å². The standard InChI is InChI=1S/C5H12N2/c1-2-6-7-4-3-5-7/h6H,2-5H2,1H3. The maximum Gasteiger partial charge on any atom is 0.0143 e. The Morgan fingerprint density at radius 1 is 1.57 bits per heavy atom. The maximum absolute atomic E-state index is 3.22. The van der Waals surface area contributed by atoms with Crippen LogP contribution < -0.4 is 5.43 Å². The van der Waals surface area contributed by atoms with Gasteiger partial charge in [0.1, 0.15) is 0 Å². The lowest BCUT2D eigenvalue weighted by molar-refractivity contribution is 0.112. The first kappa shape index (κ1) is 5.06. The molecule has 1 rings (SSSR count). The predicted molar refractivity (Wildman–Crippen MR) is 29.9 cm³/mol. The molecule has 0 amide bonds. The minimum atomic E-state index is 1.07. The first-order valence-electron chi connectivity index (χ1n) is 2.92. The summed E-state index contributed by atoms with van der Waals surface area (Å²) in [5.41, 5.74) is 3.22. The molecular formula is C5H12N2. The van der Waals surface area contributed by atoms with Crippen molar-refractivity contribution in [3.8, 4) is 0 Å². The van der Waals surface area contributed by atoms with Crippen molar-refractivity contribution in [2.45, 2.75) is 13.3 Å². The van der Waals surface area contributed by atoms with E-state index in [2.05, 4.69) is 17.4 Å². The zero-order valence-corrected chi connectivity index (χ0v) is 4.78. The molecule has 0 aromatic carbocycles. The van der Waals surface area contributed by atoms with E-state index in [9.17, 15) is 0 Å². The second kappa shape index (κ2) is 2.28. The summed E-state index contributed by atoms with van der Waals surface area (Å²) in [5.74, 6) is 0. The van der Waals surface area contributed by atoms with Gasteiger partial charge in [-0.15, -0.1) is 0 Å². The highest BCUT2D eigenvalue weighted by atomic mass is 15.5. The van der Waals surface area contributed by atoms with Crippen LogP contribution in [0.5, 0.6) is 0 Å². The third-order valence-corrected chi connectivity index (χ3v) is 1.24. The van der Waals surface area contributed by atoms with Crippen LogP contribution in [-0.4, -0.2) is 24.6 Å². The van der Waals surface area contributed by atoms with E-state index in [1.165, 1.54) is 19.5 Å². The van der Waals surface area contributed by atoms with Crippen molar-refractivity contribution in [1.29, 1.82) is 0 Å². The summed E-state index contributed by atoms with van der Waals surface area (Å²) in [5, 5.41) is 2.24. The first-order valence-corrected chi connectivity index (χ1v) is 2.92. The quantitative estimate of drug-likeness (QED) is 0.534. The normalized spacial score (nSPS) is 21.9. The van der Waals surface area contributed by atoms with Crippen LogP contribution in [0.1, 0.15) is 13.3 Å². The second-order valence-electron chi connectivity index (χ2n) is 1.85. The molecule has 0 unspecified atom stereocenters. The topological polar surface area (TPSA) is 15.3 Å². The van der Waals surface area contributed by atoms with Gasteiger partial charge >= 0.3 is 0 Å². The van der Waals surface area contributed by atoms with Gasteiger partial charge in [0, 0.05) is 19.6 Å². The number of hydrogen-bond donors (Lipinski definition) is 1. The number of hydrazine groups is 1. The van der Waals surface area contributed by atoms with E-state index in [1.54, 1.807) is 0 Å². The lowest BCUT2D eigenvalue weighted by atomic mass is 10.3. The van der Waals surface area contributed by atoms with Gasteiger partial charge in [0.15, 0.2) is 0 Å². The molecule has 0 aromatic heterocycles. The van der Waals surface area contributed by atoms with Crippen molar-refractivity contribution >= 4 is 0 Å². The first-order chi connectivity index (χ1) is 3.43. The van der Waals surface area contributed by atoms with E-state index in [0.717, 1.165) is 6.54 Å². The third-order valence-electron chi connectivity index (χ3n) is 1.24. The van der Waals surface area contributed by atoms with Crippen molar-refractivity contribution in [3.05, 3.63) is 0 Å². The van der Waals surface area contributed by atoms with Crippen LogP contribution >= 0.6 is 0 Å². The monoisotopic (exact) mass is 100 g/mol. The maximum atomic E-state index is 3.22. The molecule has 0 bridgehead atoms. The zero-order valence-electron chi connectivity index (χ0n) is 4.78. The van der Waals surface area contributed by atoms with Gasteiger partial charge in [0.25, 0.3) is 0 Å². The number of nitrogens with zero attached hydrogens (tertiary/aromatic N) is 1. The SMILES string of the molecule is CCNN1CCC1. The van der Waals surface area contributed by atoms with E-state index >= 15 is 0 Å². The van der Waals surface area contributed by atoms with Crippen LogP contribution in [0.25, 0.3) is 0 Å². The Hall–Kier alpha value is -0.0800. The summed E-state index contributed by atoms with van der Waals surface area (Å²) >= 11 is 0. The van der Waals surface area contributed by atoms with E-state index in [4.69, 9.17) is 0 Å². The van der Waals surface area contributed by atoms with Crippen molar-refractivity contribution in [1.82, 2.24) is 10.4 Å². The smallest absolute Gasteiger partial charge is 0.0143 e. The van der Waals surface area contributed by atoms with Gasteiger partial charge in [0.05, 0.1) is 0 Å². The molecule has 1 heterocycles. The molecule has 1 aliphatic rings. The Balaban J connectivity index is 1.93. The largest absolute Gasteiger partial charge is 0.255 e. The summed E-state index contributed by atoms with van der Waals surface area (Å²) in [4.78, 5) is 0. The lowest BCUT2D eigenvalue weighted by Gasteiger charge is -2.30. The summed E-state index contributed by atoms with van der Waals surface area (Å²) in [7, 11) is 0. The summed E-state index contributed by atoms with van der Waals surface area (Å²) in [6.07, 6.45) is 1.37. The van der Waals surface area contributed by atoms with Crippen LogP contribution in [0.15, 0.2) is 0 Å². The number of hydrogen-bond acceptors (Lipinski definition) is 2. The average molecular weight is 100 g/mol. The minimum absolute atomic E-state index is 1.07. The van der Waals surface area contributed by atoms with E-state index in [0.29, 0.717) is 0 Å². The van der Waals surface area contributed by atoms with Gasteiger partial charge in [-0.1, -0.05) is 6.92 Å². The van der Waals surface area contributed by atoms with Gasteiger partial charge in [-0.3, -0.25) is 5.43 Å². The molecule has 0 saturated carbocycles. The average Bonchev–Trinajstić information content (AvgIpc) is 1.55. The van der Waals surface area contributed by atoms with Crippen molar-refractivity contribution in [2.24, 2.45) is 0 Å². The van der Waals surface area contributed by atoms with Gasteiger partial charge in [-0.2, -0.15) is 0 Å². The highest BCUT2D eigenvalue weighted by Gasteiger charge is 2.10. The minimum Gasteiger partial charge on any atom is -0.255 e. The molecule has 1 fully saturated rings. The fourth-order valence-corrected chi connectivity index (χ4v) is 0.698. The fourth-order valence-electron chi connectivity index (χ4n) is 0.698. The molecule has 2 heteroatoms. The molecule has 42 valence electrons. The lowest BCUT2D eigenvalue weighted by Crippen LogP contribution is -2.47. The highest BCUT2D eigenvalue weighted by molar-refractivity contribution is 4.62. The van der Waals surface area contributed by atoms with E-state index in [1.807, 2.05) is 0 Å². The van der Waals surface area contributed by atoms with Crippen molar-refractivity contribution in [2.75, 3.05) is 19.6 Å². The molecule has 1 aliphatic heterocycles. The molecular weight excluding hydrogens is 88.1 g/mol.